The number of hydrogen-bond acceptors (Lipinski definition) is 2. The monoisotopic (exact) mass is 563 g/mol. The third kappa shape index (κ3) is 3.01. The summed E-state index contributed by atoms with van der Waals surface area (Å²) in [4.78, 5) is 12.7. The fraction of sp³-hybridized carbons (Fsp3) is 0. The Kier molecular flexibility index (Phi) is 3.70. The van der Waals surface area contributed by atoms with Crippen LogP contribution in [0.2, 0.25) is 0 Å². The second kappa shape index (κ2) is 6.34. The highest BCUT2D eigenvalue weighted by Crippen LogP contribution is 2.25. The highest BCUT2D eigenvalue weighted by molar-refractivity contribution is 14.1. The summed E-state index contributed by atoms with van der Waals surface area (Å²) in [7, 11) is 0. The van der Waals surface area contributed by atoms with Crippen LogP contribution < -0.4 is 0 Å². The fourth-order valence-electron chi connectivity index (χ4n) is 2.96. The lowest BCUT2D eigenvalue weighted by molar-refractivity contribution is 1.31. The van der Waals surface area contributed by atoms with Gasteiger partial charge < -0.3 is 4.98 Å². The molecule has 2 aliphatic rings. The van der Waals surface area contributed by atoms with Gasteiger partial charge in [0.25, 0.3) is 0 Å². The van der Waals surface area contributed by atoms with Crippen LogP contribution in [0.15, 0.2) is 42.4 Å². The lowest BCUT2D eigenvalue weighted by Gasteiger charge is -1.93. The molecule has 2 aliphatic heterocycles. The molecule has 0 aliphatic carbocycles. The van der Waals surface area contributed by atoms with Crippen LogP contribution in [0.4, 0.5) is 0 Å². The Morgan fingerprint density at radius 1 is 0.846 bits per heavy atom. The fourth-order valence-corrected chi connectivity index (χ4v) is 4.74. The molecule has 4 nitrogen and oxygen atoms in total. The number of H-pyrrole nitrogens is 1. The minimum Gasteiger partial charge on any atom is -0.355 e. The summed E-state index contributed by atoms with van der Waals surface area (Å²) in [6.45, 7) is 0. The van der Waals surface area contributed by atoms with Crippen LogP contribution in [0.3, 0.4) is 0 Å². The molecule has 0 spiro atoms. The van der Waals surface area contributed by atoms with Crippen molar-refractivity contribution in [3.05, 3.63) is 68.8 Å². The molecule has 0 saturated carbocycles. The number of halogens is 2. The molecule has 3 aromatic rings. The van der Waals surface area contributed by atoms with Gasteiger partial charge in [-0.15, -0.1) is 0 Å². The van der Waals surface area contributed by atoms with Gasteiger partial charge in [-0.3, -0.25) is 2.78 Å². The van der Waals surface area contributed by atoms with E-state index in [-0.39, 0.29) is 0 Å². The quantitative estimate of drug-likeness (QED) is 0.238. The first-order valence-corrected chi connectivity index (χ1v) is 10.0. The SMILES string of the molecule is [2H]c1c(I)c2cc3nc(cc4ccc(cc5nc(cc1n2I)C=C5)[nH]4)C=C3. The zero-order valence-corrected chi connectivity index (χ0v) is 17.7. The first-order chi connectivity index (χ1) is 13.1. The van der Waals surface area contributed by atoms with Crippen molar-refractivity contribution in [2.45, 2.75) is 0 Å². The van der Waals surface area contributed by atoms with E-state index in [1.807, 2.05) is 63.5 Å². The Labute approximate surface area is 178 Å². The Balaban J connectivity index is 1.93. The maximum absolute atomic E-state index is 8.51. The van der Waals surface area contributed by atoms with Gasteiger partial charge in [0.2, 0.25) is 0 Å². The number of aromatic nitrogens is 4. The van der Waals surface area contributed by atoms with E-state index >= 15 is 0 Å². The summed E-state index contributed by atoms with van der Waals surface area (Å²) in [6, 6.07) is 12.6. The van der Waals surface area contributed by atoms with Crippen LogP contribution in [-0.2, 0) is 0 Å². The molecule has 126 valence electrons. The normalized spacial score (nSPS) is 13.2. The number of hydrogen-bond donors (Lipinski definition) is 1. The van der Waals surface area contributed by atoms with Gasteiger partial charge in [0.05, 0.1) is 58.0 Å². The Morgan fingerprint density at radius 3 is 2.00 bits per heavy atom. The number of nitrogens with zero attached hydrogens (tertiary/aromatic N) is 3. The molecule has 3 aromatic heterocycles. The van der Waals surface area contributed by atoms with Crippen molar-refractivity contribution in [2.75, 3.05) is 0 Å². The van der Waals surface area contributed by atoms with Crippen molar-refractivity contribution in [3.8, 4) is 0 Å². The van der Waals surface area contributed by atoms with E-state index in [0.717, 1.165) is 48.4 Å². The number of fused-ring (bicyclic) bond motifs is 8. The second-order valence-electron chi connectivity index (χ2n) is 6.03. The zero-order valence-electron chi connectivity index (χ0n) is 14.4. The van der Waals surface area contributed by atoms with Crippen molar-refractivity contribution in [3.63, 3.8) is 0 Å². The first kappa shape index (κ1) is 15.2. The molecule has 8 bridgehead atoms. The third-order valence-electron chi connectivity index (χ3n) is 4.16. The largest absolute Gasteiger partial charge is 0.355 e. The van der Waals surface area contributed by atoms with Gasteiger partial charge in [-0.05, 0) is 89.3 Å². The molecule has 6 heteroatoms. The van der Waals surface area contributed by atoms with E-state index in [1.165, 1.54) is 0 Å². The van der Waals surface area contributed by atoms with Gasteiger partial charge in [-0.1, -0.05) is 0 Å². The van der Waals surface area contributed by atoms with Gasteiger partial charge in [-0.25, -0.2) is 9.97 Å². The lowest BCUT2D eigenvalue weighted by atomic mass is 10.3. The minimum atomic E-state index is 0.501. The highest BCUT2D eigenvalue weighted by Gasteiger charge is 2.06. The standard InChI is InChI=1S/C20H12I2N4/c21-19-11-18-9-16-5-3-14(24-16)7-12-1-2-13(23-12)8-15-4-6-17(25-15)10-20(19)26(18)22/h1-11,23H/i11D. The maximum Gasteiger partial charge on any atom is 0.0666 e. The van der Waals surface area contributed by atoms with Crippen molar-refractivity contribution in [1.29, 1.82) is 0 Å². The van der Waals surface area contributed by atoms with Crippen molar-refractivity contribution in [1.82, 2.24) is 17.7 Å². The van der Waals surface area contributed by atoms with Crippen LogP contribution in [0.1, 0.15) is 24.1 Å². The smallest absolute Gasteiger partial charge is 0.0666 e. The van der Waals surface area contributed by atoms with Gasteiger partial charge in [-0.2, -0.15) is 0 Å². The van der Waals surface area contributed by atoms with E-state index < -0.39 is 0 Å². The summed E-state index contributed by atoms with van der Waals surface area (Å²) in [5, 5.41) is 0. The minimum absolute atomic E-state index is 0.501. The molecule has 5 rings (SSSR count). The van der Waals surface area contributed by atoms with Gasteiger partial charge in [0.15, 0.2) is 0 Å². The molecule has 5 heterocycles. The van der Waals surface area contributed by atoms with Crippen LogP contribution in [0, 0.1) is 3.57 Å². The van der Waals surface area contributed by atoms with Crippen molar-refractivity contribution >= 4 is 91.8 Å². The Hall–Kier alpha value is -1.94. The summed E-state index contributed by atoms with van der Waals surface area (Å²) >= 11 is 4.47. The van der Waals surface area contributed by atoms with Crippen LogP contribution >= 0.6 is 45.5 Å². The molecule has 0 atom stereocenters. The van der Waals surface area contributed by atoms with Gasteiger partial charge in [0.1, 0.15) is 0 Å². The van der Waals surface area contributed by atoms with E-state index in [9.17, 15) is 0 Å². The van der Waals surface area contributed by atoms with E-state index in [2.05, 4.69) is 60.4 Å². The van der Waals surface area contributed by atoms with E-state index in [0.29, 0.717) is 6.04 Å². The van der Waals surface area contributed by atoms with Gasteiger partial charge >= 0.3 is 0 Å². The van der Waals surface area contributed by atoms with Crippen molar-refractivity contribution in [2.24, 2.45) is 0 Å². The molecule has 0 saturated heterocycles. The molecule has 1 N–H and O–H groups in total. The average molecular weight is 563 g/mol. The first-order valence-electron chi connectivity index (χ1n) is 8.49. The molecule has 0 aromatic carbocycles. The van der Waals surface area contributed by atoms with Crippen molar-refractivity contribution < 1.29 is 1.37 Å². The topological polar surface area (TPSA) is 46.5 Å². The molecule has 0 fully saturated rings. The lowest BCUT2D eigenvalue weighted by Crippen LogP contribution is -1.80. The summed E-state index contributed by atoms with van der Waals surface area (Å²) < 4.78 is 11.4. The number of nitrogens with one attached hydrogen (secondary N) is 1. The zero-order chi connectivity index (χ0) is 18.5. The van der Waals surface area contributed by atoms with E-state index in [4.69, 9.17) is 1.37 Å². The van der Waals surface area contributed by atoms with Crippen LogP contribution in [-0.4, -0.2) is 17.7 Å². The molecule has 0 radical (unpaired) electrons. The molecular formula is C20H12I2N4. The average Bonchev–Trinajstić information content (AvgIpc) is 3.40. The second-order valence-corrected chi connectivity index (χ2v) is 8.07. The molecular weight excluding hydrogens is 550 g/mol. The number of aromatic amines is 1. The van der Waals surface area contributed by atoms with Gasteiger partial charge in [0, 0.05) is 14.6 Å². The third-order valence-corrected chi connectivity index (χ3v) is 6.02. The highest BCUT2D eigenvalue weighted by atomic mass is 127. The summed E-state index contributed by atoms with van der Waals surface area (Å²) in [5.41, 5.74) is 7.27. The van der Waals surface area contributed by atoms with E-state index in [1.54, 1.807) is 0 Å². The summed E-state index contributed by atoms with van der Waals surface area (Å²) in [5.74, 6) is 0. The van der Waals surface area contributed by atoms with Crippen LogP contribution in [0.5, 0.6) is 0 Å². The number of rotatable bonds is 0. The Morgan fingerprint density at radius 2 is 1.38 bits per heavy atom. The molecule has 0 amide bonds. The predicted molar refractivity (Wildman–Crippen MR) is 125 cm³/mol. The van der Waals surface area contributed by atoms with Crippen LogP contribution in [0.25, 0.3) is 46.4 Å². The molecule has 26 heavy (non-hydrogen) atoms. The molecule has 0 unspecified atom stereocenters. The predicted octanol–water partition coefficient (Wildman–Crippen LogP) is 5.93. The Bertz CT molecular complexity index is 1220. The maximum atomic E-state index is 8.51. The summed E-state index contributed by atoms with van der Waals surface area (Å²) in [6.07, 6.45) is 7.96.